The van der Waals surface area contributed by atoms with Gasteiger partial charge in [0.2, 0.25) is 11.8 Å². The van der Waals surface area contributed by atoms with E-state index in [0.29, 0.717) is 10.7 Å². The van der Waals surface area contributed by atoms with Gasteiger partial charge in [0.1, 0.15) is 11.9 Å². The molecule has 168 valence electrons. The summed E-state index contributed by atoms with van der Waals surface area (Å²) in [5.41, 5.74) is 2.33. The Morgan fingerprint density at radius 2 is 1.56 bits per heavy atom. The summed E-state index contributed by atoms with van der Waals surface area (Å²) in [4.78, 5) is 42.3. The summed E-state index contributed by atoms with van der Waals surface area (Å²) in [6.45, 7) is 0. The van der Waals surface area contributed by atoms with Crippen molar-refractivity contribution in [3.05, 3.63) is 100 Å². The second-order valence-corrected chi connectivity index (χ2v) is 8.99. The molecular formula is C26H17ClFN3O3. The van der Waals surface area contributed by atoms with E-state index in [1.54, 1.807) is 35.5 Å². The number of carbonyl (C=O) groups excluding carboxylic acids is 3. The van der Waals surface area contributed by atoms with Gasteiger partial charge in [0.15, 0.2) is 5.78 Å². The minimum Gasteiger partial charge on any atom is -0.292 e. The average Bonchev–Trinajstić information content (AvgIpc) is 3.32. The molecule has 0 spiro atoms. The van der Waals surface area contributed by atoms with Gasteiger partial charge < -0.3 is 0 Å². The van der Waals surface area contributed by atoms with Crippen molar-refractivity contribution >= 4 is 41.1 Å². The first-order chi connectivity index (χ1) is 16.5. The molecule has 8 heteroatoms. The van der Waals surface area contributed by atoms with E-state index in [2.05, 4.69) is 5.10 Å². The Hall–Kier alpha value is -3.84. The van der Waals surface area contributed by atoms with E-state index >= 15 is 0 Å². The topological polar surface area (TPSA) is 70.0 Å². The lowest BCUT2D eigenvalue weighted by Gasteiger charge is -2.33. The quantitative estimate of drug-likeness (QED) is 0.421. The fourth-order valence-electron chi connectivity index (χ4n) is 5.30. The molecule has 0 aromatic heterocycles. The number of Topliss-reactive ketones (excluding diaryl/α,β-unsaturated/α-hetero) is 1. The lowest BCUT2D eigenvalue weighted by molar-refractivity contribution is -0.124. The zero-order valence-electron chi connectivity index (χ0n) is 17.6. The Labute approximate surface area is 199 Å². The molecule has 3 aliphatic heterocycles. The van der Waals surface area contributed by atoms with Crippen molar-refractivity contribution in [1.29, 1.82) is 0 Å². The van der Waals surface area contributed by atoms with Gasteiger partial charge >= 0.3 is 0 Å². The number of hydrazone groups is 1. The van der Waals surface area contributed by atoms with E-state index in [4.69, 9.17) is 11.6 Å². The van der Waals surface area contributed by atoms with Crippen LogP contribution in [0.2, 0.25) is 5.02 Å². The zero-order valence-corrected chi connectivity index (χ0v) is 18.4. The van der Waals surface area contributed by atoms with Crippen molar-refractivity contribution < 1.29 is 18.8 Å². The summed E-state index contributed by atoms with van der Waals surface area (Å²) in [5, 5.41) is 6.57. The number of benzene rings is 3. The molecule has 2 fully saturated rings. The Bertz CT molecular complexity index is 1370. The van der Waals surface area contributed by atoms with Crippen LogP contribution in [-0.2, 0) is 9.59 Å². The summed E-state index contributed by atoms with van der Waals surface area (Å²) in [6, 6.07) is 17.6. The molecule has 0 N–H and O–H groups in total. The predicted molar refractivity (Wildman–Crippen MR) is 124 cm³/mol. The van der Waals surface area contributed by atoms with Crippen LogP contribution in [0, 0.1) is 17.7 Å². The highest BCUT2D eigenvalue weighted by atomic mass is 35.5. The number of hydrogen-bond donors (Lipinski definition) is 0. The van der Waals surface area contributed by atoms with Gasteiger partial charge in [0.05, 0.1) is 29.8 Å². The van der Waals surface area contributed by atoms with Gasteiger partial charge in [-0.2, -0.15) is 5.10 Å². The summed E-state index contributed by atoms with van der Waals surface area (Å²) in [6.07, 6.45) is 1.64. The van der Waals surface area contributed by atoms with Crippen LogP contribution < -0.4 is 4.90 Å². The van der Waals surface area contributed by atoms with Gasteiger partial charge in [-0.3, -0.25) is 19.4 Å². The normalized spacial score (nSPS) is 24.8. The highest BCUT2D eigenvalue weighted by Gasteiger charge is 2.65. The van der Waals surface area contributed by atoms with Crippen LogP contribution in [0.3, 0.4) is 0 Å². The second kappa shape index (κ2) is 7.60. The molecular weight excluding hydrogens is 457 g/mol. The van der Waals surface area contributed by atoms with Crippen molar-refractivity contribution in [2.24, 2.45) is 16.9 Å². The third-order valence-corrected chi connectivity index (χ3v) is 7.03. The van der Waals surface area contributed by atoms with Crippen LogP contribution in [0.15, 0.2) is 77.9 Å². The minimum absolute atomic E-state index is 0.255. The third kappa shape index (κ3) is 2.93. The molecule has 2 amide bonds. The maximum Gasteiger partial charge on any atom is 0.240 e. The number of nitrogens with zero attached hydrogens (tertiary/aromatic N) is 3. The van der Waals surface area contributed by atoms with E-state index < -0.39 is 35.6 Å². The number of imide groups is 1. The Morgan fingerprint density at radius 3 is 2.29 bits per heavy atom. The highest BCUT2D eigenvalue weighted by molar-refractivity contribution is 6.31. The van der Waals surface area contributed by atoms with E-state index in [1.165, 1.54) is 24.3 Å². The number of amides is 2. The molecule has 3 aromatic carbocycles. The monoisotopic (exact) mass is 473 g/mol. The maximum atomic E-state index is 13.7. The minimum atomic E-state index is -1.00. The van der Waals surface area contributed by atoms with Gasteiger partial charge in [0, 0.05) is 10.6 Å². The number of halogens is 2. The lowest BCUT2D eigenvalue weighted by atomic mass is 9.83. The third-order valence-electron chi connectivity index (χ3n) is 6.78. The highest BCUT2D eigenvalue weighted by Crippen LogP contribution is 2.53. The van der Waals surface area contributed by atoms with Crippen LogP contribution in [0.4, 0.5) is 10.1 Å². The Kier molecular flexibility index (Phi) is 4.64. The molecule has 3 heterocycles. The molecule has 34 heavy (non-hydrogen) atoms. The van der Waals surface area contributed by atoms with Gasteiger partial charge in [-0.05, 0) is 59.7 Å². The number of carbonyl (C=O) groups is 3. The van der Waals surface area contributed by atoms with Crippen molar-refractivity contribution in [2.45, 2.75) is 12.1 Å². The molecule has 0 radical (unpaired) electrons. The van der Waals surface area contributed by atoms with Crippen molar-refractivity contribution in [2.75, 3.05) is 4.90 Å². The number of ketones is 1. The fourth-order valence-corrected chi connectivity index (χ4v) is 5.42. The van der Waals surface area contributed by atoms with Crippen LogP contribution in [0.1, 0.15) is 27.5 Å². The van der Waals surface area contributed by atoms with Crippen LogP contribution in [0.25, 0.3) is 0 Å². The molecule has 6 rings (SSSR count). The van der Waals surface area contributed by atoms with Crippen LogP contribution in [0.5, 0.6) is 0 Å². The van der Waals surface area contributed by atoms with E-state index in [0.717, 1.165) is 16.0 Å². The lowest BCUT2D eigenvalue weighted by Crippen LogP contribution is -2.44. The first-order valence-corrected chi connectivity index (χ1v) is 11.2. The standard InChI is InChI=1S/C26H17ClFN3O3/c27-16-7-11-18(12-8-16)30-25(33)20-21(26(30)34)23(24(32)14-5-9-17(28)10-6-14)31-22(20)19-4-2-1-3-15(19)13-29-31/h1-13,20-23H/t20-,21+,22-,23-/m1/s1. The number of rotatable bonds is 3. The average molecular weight is 474 g/mol. The molecule has 0 unspecified atom stereocenters. The number of fused-ring (bicyclic) bond motifs is 5. The van der Waals surface area contributed by atoms with Gasteiger partial charge in [-0.1, -0.05) is 35.9 Å². The Balaban J connectivity index is 1.49. The van der Waals surface area contributed by atoms with Crippen LogP contribution >= 0.6 is 11.6 Å². The van der Waals surface area contributed by atoms with Crippen molar-refractivity contribution in [1.82, 2.24) is 5.01 Å². The maximum absolute atomic E-state index is 13.7. The fraction of sp³-hybridized carbons (Fsp3) is 0.154. The molecule has 0 bridgehead atoms. The largest absolute Gasteiger partial charge is 0.292 e. The van der Waals surface area contributed by atoms with Crippen LogP contribution in [-0.4, -0.2) is 34.9 Å². The molecule has 6 nitrogen and oxygen atoms in total. The van der Waals surface area contributed by atoms with Crippen molar-refractivity contribution in [3.8, 4) is 0 Å². The zero-order chi connectivity index (χ0) is 23.6. The van der Waals surface area contributed by atoms with Crippen molar-refractivity contribution in [3.63, 3.8) is 0 Å². The Morgan fingerprint density at radius 1 is 0.882 bits per heavy atom. The predicted octanol–water partition coefficient (Wildman–Crippen LogP) is 4.24. The first kappa shape index (κ1) is 20.7. The molecule has 0 aliphatic carbocycles. The first-order valence-electron chi connectivity index (χ1n) is 10.8. The SMILES string of the molecule is O=C(c1ccc(F)cc1)[C@H]1[C@H]2C(=O)N(c3ccc(Cl)cc3)C(=O)[C@H]2[C@H]2c3ccccc3C=NN21. The van der Waals surface area contributed by atoms with Gasteiger partial charge in [0.25, 0.3) is 0 Å². The molecule has 3 aliphatic rings. The van der Waals surface area contributed by atoms with E-state index in [-0.39, 0.29) is 17.3 Å². The van der Waals surface area contributed by atoms with Gasteiger partial charge in [-0.15, -0.1) is 0 Å². The molecule has 3 aromatic rings. The molecule has 2 saturated heterocycles. The van der Waals surface area contributed by atoms with E-state index in [1.807, 2.05) is 24.3 Å². The number of anilines is 1. The summed E-state index contributed by atoms with van der Waals surface area (Å²) in [7, 11) is 0. The summed E-state index contributed by atoms with van der Waals surface area (Å²) in [5.74, 6) is -3.42. The number of hydrogen-bond acceptors (Lipinski definition) is 5. The molecule has 0 saturated carbocycles. The molecule has 4 atom stereocenters. The second-order valence-electron chi connectivity index (χ2n) is 8.55. The van der Waals surface area contributed by atoms with E-state index in [9.17, 15) is 18.8 Å². The summed E-state index contributed by atoms with van der Waals surface area (Å²) < 4.78 is 13.5. The van der Waals surface area contributed by atoms with Gasteiger partial charge in [-0.25, -0.2) is 9.29 Å². The summed E-state index contributed by atoms with van der Waals surface area (Å²) >= 11 is 6.00. The smallest absolute Gasteiger partial charge is 0.240 e.